The van der Waals surface area contributed by atoms with Gasteiger partial charge in [-0.05, 0) is 17.7 Å². The van der Waals surface area contributed by atoms with Crippen LogP contribution in [0.2, 0.25) is 5.02 Å². The van der Waals surface area contributed by atoms with Crippen molar-refractivity contribution in [2.75, 3.05) is 13.7 Å². The van der Waals surface area contributed by atoms with Crippen LogP contribution < -0.4 is 5.32 Å². The Morgan fingerprint density at radius 2 is 1.84 bits per heavy atom. The minimum atomic E-state index is -0.531. The molecular weight excluding hydrogens is 416 g/mol. The molecule has 0 aliphatic heterocycles. The molecule has 2 aromatic carbocycles. The predicted molar refractivity (Wildman–Crippen MR) is 118 cm³/mol. The van der Waals surface area contributed by atoms with Crippen molar-refractivity contribution < 1.29 is 14.3 Å². The number of methoxy groups -OCH3 is 1. The molecule has 1 N–H and O–H groups in total. The zero-order chi connectivity index (χ0) is 21.8. The maximum absolute atomic E-state index is 12.9. The Bertz CT molecular complexity index is 1250. The largest absolute Gasteiger partial charge is 0.468 e. The van der Waals surface area contributed by atoms with Gasteiger partial charge in [0.1, 0.15) is 6.54 Å². The number of fused-ring (bicyclic) bond motifs is 1. The third kappa shape index (κ3) is 4.41. The summed E-state index contributed by atoms with van der Waals surface area (Å²) in [6.07, 6.45) is 1.60. The topological polar surface area (TPSA) is 86.1 Å². The van der Waals surface area contributed by atoms with E-state index in [0.29, 0.717) is 33.9 Å². The second-order valence-electron chi connectivity index (χ2n) is 6.81. The van der Waals surface area contributed by atoms with Crippen LogP contribution in [0.4, 0.5) is 0 Å². The Labute approximate surface area is 183 Å². The van der Waals surface area contributed by atoms with Gasteiger partial charge in [-0.1, -0.05) is 60.1 Å². The maximum atomic E-state index is 12.9. The molecule has 0 unspecified atom stereocenters. The summed E-state index contributed by atoms with van der Waals surface area (Å²) in [6, 6.07) is 18.7. The molecule has 31 heavy (non-hydrogen) atoms. The van der Waals surface area contributed by atoms with Crippen molar-refractivity contribution in [3.05, 3.63) is 83.0 Å². The van der Waals surface area contributed by atoms with Gasteiger partial charge in [-0.25, -0.2) is 9.67 Å². The fourth-order valence-corrected chi connectivity index (χ4v) is 3.41. The molecule has 0 radical (unpaired) electrons. The average molecular weight is 435 g/mol. The number of nitrogens with one attached hydrogen (secondary N) is 1. The van der Waals surface area contributed by atoms with Gasteiger partial charge in [-0.15, -0.1) is 0 Å². The molecule has 156 valence electrons. The van der Waals surface area contributed by atoms with Crippen molar-refractivity contribution in [2.45, 2.75) is 6.54 Å². The Kier molecular flexibility index (Phi) is 5.95. The second kappa shape index (κ2) is 8.97. The molecule has 0 aliphatic rings. The number of halogens is 1. The van der Waals surface area contributed by atoms with Gasteiger partial charge >= 0.3 is 5.97 Å². The van der Waals surface area contributed by atoms with Crippen LogP contribution in [0.25, 0.3) is 22.3 Å². The van der Waals surface area contributed by atoms with Crippen LogP contribution in [0.3, 0.4) is 0 Å². The number of carbonyl (C=O) groups is 2. The Morgan fingerprint density at radius 1 is 1.10 bits per heavy atom. The van der Waals surface area contributed by atoms with Crippen molar-refractivity contribution in [3.63, 3.8) is 0 Å². The van der Waals surface area contributed by atoms with Gasteiger partial charge in [0.05, 0.1) is 36.5 Å². The summed E-state index contributed by atoms with van der Waals surface area (Å²) in [5.41, 5.74) is 3.29. The first kappa shape index (κ1) is 20.6. The summed E-state index contributed by atoms with van der Waals surface area (Å²) >= 11 is 6.32. The highest BCUT2D eigenvalue weighted by Crippen LogP contribution is 2.26. The van der Waals surface area contributed by atoms with Crippen LogP contribution in [-0.4, -0.2) is 40.3 Å². The number of ether oxygens (including phenoxy) is 1. The number of rotatable bonds is 6. The highest BCUT2D eigenvalue weighted by Gasteiger charge is 2.18. The number of hydrogen-bond donors (Lipinski definition) is 1. The molecule has 4 rings (SSSR count). The Morgan fingerprint density at radius 3 is 2.58 bits per heavy atom. The van der Waals surface area contributed by atoms with Gasteiger partial charge in [0, 0.05) is 10.6 Å². The molecule has 0 saturated heterocycles. The van der Waals surface area contributed by atoms with Crippen LogP contribution in [-0.2, 0) is 16.1 Å². The normalized spacial score (nSPS) is 10.8. The van der Waals surface area contributed by atoms with Crippen molar-refractivity contribution in [3.8, 4) is 11.3 Å². The standard InChI is InChI=1S/C23H19ClN4O3/c1-31-21(29)13-25-23(30)17-11-20(15-7-3-2-4-8-15)27-22-18(17)12-26-28(22)14-16-9-5-6-10-19(16)24/h2-12H,13-14H2,1H3,(H,25,30). The third-order valence-electron chi connectivity index (χ3n) is 4.82. The summed E-state index contributed by atoms with van der Waals surface area (Å²) in [4.78, 5) is 29.1. The number of esters is 1. The summed E-state index contributed by atoms with van der Waals surface area (Å²) < 4.78 is 6.31. The maximum Gasteiger partial charge on any atom is 0.325 e. The number of aromatic nitrogens is 3. The third-order valence-corrected chi connectivity index (χ3v) is 5.19. The smallest absolute Gasteiger partial charge is 0.325 e. The van der Waals surface area contributed by atoms with E-state index in [1.807, 2.05) is 54.6 Å². The zero-order valence-electron chi connectivity index (χ0n) is 16.7. The minimum absolute atomic E-state index is 0.229. The average Bonchev–Trinajstić information content (AvgIpc) is 3.21. The SMILES string of the molecule is COC(=O)CNC(=O)c1cc(-c2ccccc2)nc2c1cnn2Cc1ccccc1Cl. The van der Waals surface area contributed by atoms with Gasteiger partial charge in [-0.2, -0.15) is 5.10 Å². The molecule has 8 heteroatoms. The van der Waals surface area contributed by atoms with Gasteiger partial charge in [0.2, 0.25) is 0 Å². The lowest BCUT2D eigenvalue weighted by atomic mass is 10.1. The monoisotopic (exact) mass is 434 g/mol. The fraction of sp³-hybridized carbons (Fsp3) is 0.130. The van der Waals surface area contributed by atoms with Crippen LogP contribution in [0.1, 0.15) is 15.9 Å². The van der Waals surface area contributed by atoms with E-state index < -0.39 is 11.9 Å². The van der Waals surface area contributed by atoms with Gasteiger partial charge in [0.25, 0.3) is 5.91 Å². The lowest BCUT2D eigenvalue weighted by Gasteiger charge is -2.10. The first-order valence-corrected chi connectivity index (χ1v) is 9.95. The van der Waals surface area contributed by atoms with E-state index in [2.05, 4.69) is 15.2 Å². The Balaban J connectivity index is 1.80. The minimum Gasteiger partial charge on any atom is -0.468 e. The summed E-state index contributed by atoms with van der Waals surface area (Å²) in [6.45, 7) is 0.172. The summed E-state index contributed by atoms with van der Waals surface area (Å²) in [7, 11) is 1.27. The van der Waals surface area contributed by atoms with Crippen molar-refractivity contribution >= 4 is 34.5 Å². The summed E-state index contributed by atoms with van der Waals surface area (Å²) in [5, 5.41) is 8.24. The first-order valence-electron chi connectivity index (χ1n) is 9.57. The molecular formula is C23H19ClN4O3. The van der Waals surface area contributed by atoms with Crippen LogP contribution >= 0.6 is 11.6 Å². The first-order chi connectivity index (χ1) is 15.1. The van der Waals surface area contributed by atoms with Crippen molar-refractivity contribution in [1.82, 2.24) is 20.1 Å². The van der Waals surface area contributed by atoms with Crippen LogP contribution in [0.15, 0.2) is 66.9 Å². The van der Waals surface area contributed by atoms with E-state index in [1.165, 1.54) is 7.11 Å². The van der Waals surface area contributed by atoms with Gasteiger partial charge in [-0.3, -0.25) is 9.59 Å². The lowest BCUT2D eigenvalue weighted by molar-refractivity contribution is -0.139. The molecule has 4 aromatic rings. The lowest BCUT2D eigenvalue weighted by Crippen LogP contribution is -2.30. The van der Waals surface area contributed by atoms with Crippen LogP contribution in [0.5, 0.6) is 0 Å². The van der Waals surface area contributed by atoms with E-state index in [-0.39, 0.29) is 6.54 Å². The highest BCUT2D eigenvalue weighted by atomic mass is 35.5. The molecule has 0 spiro atoms. The molecule has 0 bridgehead atoms. The number of hydrogen-bond acceptors (Lipinski definition) is 5. The Hall–Kier alpha value is -3.71. The highest BCUT2D eigenvalue weighted by molar-refractivity contribution is 6.31. The second-order valence-corrected chi connectivity index (χ2v) is 7.22. The molecule has 0 saturated carbocycles. The number of nitrogens with zero attached hydrogens (tertiary/aromatic N) is 3. The quantitative estimate of drug-likeness (QED) is 0.467. The zero-order valence-corrected chi connectivity index (χ0v) is 17.5. The molecule has 0 aliphatic carbocycles. The molecule has 1 amide bonds. The van der Waals surface area contributed by atoms with E-state index in [1.54, 1.807) is 16.9 Å². The number of pyridine rings is 1. The van der Waals surface area contributed by atoms with E-state index in [4.69, 9.17) is 16.6 Å². The molecule has 0 atom stereocenters. The summed E-state index contributed by atoms with van der Waals surface area (Å²) in [5.74, 6) is -0.941. The van der Waals surface area contributed by atoms with E-state index in [0.717, 1.165) is 11.1 Å². The predicted octanol–water partition coefficient (Wildman–Crippen LogP) is 3.70. The van der Waals surface area contributed by atoms with E-state index in [9.17, 15) is 9.59 Å². The van der Waals surface area contributed by atoms with Crippen molar-refractivity contribution in [1.29, 1.82) is 0 Å². The van der Waals surface area contributed by atoms with Gasteiger partial charge in [0.15, 0.2) is 5.65 Å². The van der Waals surface area contributed by atoms with Crippen molar-refractivity contribution in [2.24, 2.45) is 0 Å². The molecule has 2 aromatic heterocycles. The molecule has 7 nitrogen and oxygen atoms in total. The van der Waals surface area contributed by atoms with E-state index >= 15 is 0 Å². The van der Waals surface area contributed by atoms with Gasteiger partial charge < -0.3 is 10.1 Å². The number of benzene rings is 2. The number of amides is 1. The number of carbonyl (C=O) groups excluding carboxylic acids is 2. The molecule has 0 fully saturated rings. The van der Waals surface area contributed by atoms with Crippen LogP contribution in [0, 0.1) is 0 Å². The fourth-order valence-electron chi connectivity index (χ4n) is 3.22. The molecule has 2 heterocycles.